The molecule has 0 fully saturated rings. The first-order chi connectivity index (χ1) is 14.3. The Labute approximate surface area is 175 Å². The van der Waals surface area contributed by atoms with E-state index in [0.29, 0.717) is 12.3 Å². The molecule has 0 saturated heterocycles. The van der Waals surface area contributed by atoms with Crippen molar-refractivity contribution in [3.05, 3.63) is 69.1 Å². The largest absolute Gasteiger partial charge is 0.489 e. The molecule has 1 aromatic heterocycles. The second-order valence-electron chi connectivity index (χ2n) is 7.45. The van der Waals surface area contributed by atoms with Gasteiger partial charge in [-0.3, -0.25) is 0 Å². The molecule has 1 heterocycles. The minimum atomic E-state index is -0.305. The molecule has 0 saturated carbocycles. The highest BCUT2D eigenvalue weighted by atomic mass is 16.6. The minimum Gasteiger partial charge on any atom is -0.489 e. The summed E-state index contributed by atoms with van der Waals surface area (Å²) in [5.41, 5.74) is 5.12. The zero-order chi connectivity index (χ0) is 21.8. The molecule has 30 heavy (non-hydrogen) atoms. The standard InChI is InChI=1S/C22H27N5O3/c1-14(2)21(23-29-6)17-10-11-20(16(4)12-17)30-13-18-15(3)8-7-9-19(18)27-22(28)26(5)24-25-27/h7-12,14H,13H2,1-6H3. The van der Waals surface area contributed by atoms with Crippen LogP contribution in [-0.4, -0.2) is 32.6 Å². The topological polar surface area (TPSA) is 83.5 Å². The summed E-state index contributed by atoms with van der Waals surface area (Å²) >= 11 is 0. The van der Waals surface area contributed by atoms with E-state index in [1.165, 1.54) is 9.36 Å². The van der Waals surface area contributed by atoms with Crippen LogP contribution >= 0.6 is 0 Å². The highest BCUT2D eigenvalue weighted by Crippen LogP contribution is 2.24. The molecule has 3 rings (SSSR count). The molecule has 0 aliphatic carbocycles. The first-order valence-corrected chi connectivity index (χ1v) is 9.76. The van der Waals surface area contributed by atoms with Crippen molar-refractivity contribution in [1.29, 1.82) is 0 Å². The van der Waals surface area contributed by atoms with Gasteiger partial charge in [-0.15, -0.1) is 0 Å². The summed E-state index contributed by atoms with van der Waals surface area (Å²) in [6.07, 6.45) is 0. The summed E-state index contributed by atoms with van der Waals surface area (Å²) in [5.74, 6) is 0.996. The maximum atomic E-state index is 12.3. The van der Waals surface area contributed by atoms with E-state index in [1.54, 1.807) is 14.2 Å². The predicted molar refractivity (Wildman–Crippen MR) is 115 cm³/mol. The highest BCUT2D eigenvalue weighted by molar-refractivity contribution is 6.01. The number of rotatable bonds is 7. The molecule has 0 spiro atoms. The summed E-state index contributed by atoms with van der Waals surface area (Å²) in [6, 6.07) is 11.7. The van der Waals surface area contributed by atoms with Crippen molar-refractivity contribution in [2.75, 3.05) is 7.11 Å². The molecule has 3 aromatic rings. The average Bonchev–Trinajstić information content (AvgIpc) is 3.04. The van der Waals surface area contributed by atoms with Crippen LogP contribution in [-0.2, 0) is 18.5 Å². The van der Waals surface area contributed by atoms with E-state index in [1.807, 2.05) is 50.2 Å². The maximum Gasteiger partial charge on any atom is 0.368 e. The molecule has 0 unspecified atom stereocenters. The average molecular weight is 409 g/mol. The molecule has 158 valence electrons. The second-order valence-corrected chi connectivity index (χ2v) is 7.45. The first-order valence-electron chi connectivity index (χ1n) is 9.76. The van der Waals surface area contributed by atoms with Crippen molar-refractivity contribution in [2.45, 2.75) is 34.3 Å². The molecule has 8 nitrogen and oxygen atoms in total. The number of ether oxygens (including phenoxy) is 1. The van der Waals surface area contributed by atoms with Gasteiger partial charge in [-0.1, -0.05) is 31.1 Å². The number of aryl methyl sites for hydroxylation is 3. The normalized spacial score (nSPS) is 11.8. The Morgan fingerprint density at radius 2 is 1.90 bits per heavy atom. The Kier molecular flexibility index (Phi) is 6.34. The van der Waals surface area contributed by atoms with Crippen molar-refractivity contribution in [3.8, 4) is 11.4 Å². The Bertz CT molecular complexity index is 1130. The van der Waals surface area contributed by atoms with Crippen molar-refractivity contribution >= 4 is 5.71 Å². The lowest BCUT2D eigenvalue weighted by atomic mass is 9.98. The Hall–Kier alpha value is -3.42. The summed E-state index contributed by atoms with van der Waals surface area (Å²) in [6.45, 7) is 8.43. The maximum absolute atomic E-state index is 12.3. The molecule has 0 aliphatic rings. The van der Waals surface area contributed by atoms with E-state index in [9.17, 15) is 4.79 Å². The molecule has 0 aliphatic heterocycles. The van der Waals surface area contributed by atoms with Crippen LogP contribution in [0.4, 0.5) is 0 Å². The number of hydrogen-bond acceptors (Lipinski definition) is 6. The number of benzene rings is 2. The fourth-order valence-corrected chi connectivity index (χ4v) is 3.25. The number of oxime groups is 1. The summed E-state index contributed by atoms with van der Waals surface area (Å²) in [4.78, 5) is 17.3. The Balaban J connectivity index is 1.89. The van der Waals surface area contributed by atoms with Crippen LogP contribution in [0.3, 0.4) is 0 Å². The van der Waals surface area contributed by atoms with E-state index < -0.39 is 0 Å². The molecule has 0 atom stereocenters. The number of hydrogen-bond donors (Lipinski definition) is 0. The van der Waals surface area contributed by atoms with Gasteiger partial charge in [-0.2, -0.15) is 9.36 Å². The Morgan fingerprint density at radius 1 is 1.13 bits per heavy atom. The van der Waals surface area contributed by atoms with Gasteiger partial charge in [0.15, 0.2) is 0 Å². The lowest BCUT2D eigenvalue weighted by Crippen LogP contribution is -2.23. The van der Waals surface area contributed by atoms with Crippen LogP contribution in [0.25, 0.3) is 5.69 Å². The lowest BCUT2D eigenvalue weighted by molar-refractivity contribution is 0.212. The van der Waals surface area contributed by atoms with Crippen LogP contribution < -0.4 is 10.4 Å². The van der Waals surface area contributed by atoms with Gasteiger partial charge in [0.05, 0.1) is 11.4 Å². The number of nitrogens with zero attached hydrogens (tertiary/aromatic N) is 5. The van der Waals surface area contributed by atoms with E-state index in [-0.39, 0.29) is 11.6 Å². The molecular weight excluding hydrogens is 382 g/mol. The van der Waals surface area contributed by atoms with Crippen LogP contribution in [0.5, 0.6) is 5.75 Å². The zero-order valence-electron chi connectivity index (χ0n) is 18.2. The van der Waals surface area contributed by atoms with Gasteiger partial charge in [-0.25, -0.2) is 4.79 Å². The summed E-state index contributed by atoms with van der Waals surface area (Å²) in [5, 5.41) is 11.9. The minimum absolute atomic E-state index is 0.232. The second kappa shape index (κ2) is 8.94. The van der Waals surface area contributed by atoms with Gasteiger partial charge in [0.2, 0.25) is 0 Å². The van der Waals surface area contributed by atoms with Gasteiger partial charge in [-0.05, 0) is 65.6 Å². The predicted octanol–water partition coefficient (Wildman–Crippen LogP) is 3.17. The molecule has 0 amide bonds. The number of aromatic nitrogens is 4. The molecular formula is C22H27N5O3. The third kappa shape index (κ3) is 4.27. The van der Waals surface area contributed by atoms with E-state index in [2.05, 4.69) is 29.4 Å². The van der Waals surface area contributed by atoms with Gasteiger partial charge < -0.3 is 9.57 Å². The molecule has 8 heteroatoms. The van der Waals surface area contributed by atoms with Gasteiger partial charge in [0.1, 0.15) is 19.5 Å². The SMILES string of the molecule is CON=C(c1ccc(OCc2c(C)cccc2-n2nnn(C)c2=O)c(C)c1)C(C)C. The molecule has 2 aromatic carbocycles. The van der Waals surface area contributed by atoms with E-state index >= 15 is 0 Å². The van der Waals surface area contributed by atoms with Gasteiger partial charge >= 0.3 is 5.69 Å². The van der Waals surface area contributed by atoms with Crippen LogP contribution in [0.15, 0.2) is 46.3 Å². The summed E-state index contributed by atoms with van der Waals surface area (Å²) < 4.78 is 8.61. The fourth-order valence-electron chi connectivity index (χ4n) is 3.25. The van der Waals surface area contributed by atoms with Crippen molar-refractivity contribution in [1.82, 2.24) is 19.8 Å². The molecule has 0 radical (unpaired) electrons. The Morgan fingerprint density at radius 3 is 2.50 bits per heavy atom. The van der Waals surface area contributed by atoms with Crippen molar-refractivity contribution in [2.24, 2.45) is 18.1 Å². The first kappa shape index (κ1) is 21.3. The monoisotopic (exact) mass is 409 g/mol. The summed E-state index contributed by atoms with van der Waals surface area (Å²) in [7, 11) is 3.12. The lowest BCUT2D eigenvalue weighted by Gasteiger charge is -2.16. The van der Waals surface area contributed by atoms with Crippen molar-refractivity contribution in [3.63, 3.8) is 0 Å². The quantitative estimate of drug-likeness (QED) is 0.442. The number of tetrazole rings is 1. The highest BCUT2D eigenvalue weighted by Gasteiger charge is 2.15. The molecule has 0 N–H and O–H groups in total. The van der Waals surface area contributed by atoms with Crippen molar-refractivity contribution < 1.29 is 9.57 Å². The smallest absolute Gasteiger partial charge is 0.368 e. The van der Waals surface area contributed by atoms with E-state index in [0.717, 1.165) is 33.7 Å². The fraction of sp³-hybridized carbons (Fsp3) is 0.364. The van der Waals surface area contributed by atoms with Gasteiger partial charge in [0, 0.05) is 18.2 Å². The van der Waals surface area contributed by atoms with Crippen LogP contribution in [0.1, 0.15) is 36.1 Å². The van der Waals surface area contributed by atoms with E-state index in [4.69, 9.17) is 9.57 Å². The van der Waals surface area contributed by atoms with Crippen LogP contribution in [0.2, 0.25) is 0 Å². The zero-order valence-corrected chi connectivity index (χ0v) is 18.2. The molecule has 0 bridgehead atoms. The third-order valence-corrected chi connectivity index (χ3v) is 4.91. The van der Waals surface area contributed by atoms with Crippen LogP contribution in [0, 0.1) is 19.8 Å². The van der Waals surface area contributed by atoms with Gasteiger partial charge in [0.25, 0.3) is 0 Å². The third-order valence-electron chi connectivity index (χ3n) is 4.91.